The van der Waals surface area contributed by atoms with Crippen LogP contribution in [0.2, 0.25) is 0 Å². The summed E-state index contributed by atoms with van der Waals surface area (Å²) in [7, 11) is 0. The van der Waals surface area contributed by atoms with Crippen LogP contribution >= 0.6 is 12.6 Å². The number of hydrogen-bond donors (Lipinski definition) is 3. The van der Waals surface area contributed by atoms with Crippen LogP contribution in [0.1, 0.15) is 33.6 Å². The first-order valence-corrected chi connectivity index (χ1v) is 7.84. The maximum atomic E-state index is 12.0. The van der Waals surface area contributed by atoms with Gasteiger partial charge in [0.2, 0.25) is 16.9 Å². The molecule has 1 rings (SSSR count). The van der Waals surface area contributed by atoms with Gasteiger partial charge in [0.25, 0.3) is 0 Å². The van der Waals surface area contributed by atoms with Gasteiger partial charge in [-0.1, -0.05) is 26.8 Å². The Bertz CT molecular complexity index is 410. The number of hydrogen-bond acceptors (Lipinski definition) is 4. The molecule has 1 saturated heterocycles. The molecule has 0 saturated carbocycles. The number of nitrogens with two attached hydrogens (primary N) is 1. The molecule has 0 bridgehead atoms. The third kappa shape index (κ3) is 7.09. The fraction of sp³-hybridized carbons (Fsp3) is 0.667. The van der Waals surface area contributed by atoms with Gasteiger partial charge in [-0.2, -0.15) is 0 Å². The first-order chi connectivity index (χ1) is 10.2. The zero-order valence-corrected chi connectivity index (χ0v) is 14.4. The second kappa shape index (κ2) is 10.4. The summed E-state index contributed by atoms with van der Waals surface area (Å²) >= 11 is 3.65. The van der Waals surface area contributed by atoms with E-state index in [4.69, 9.17) is 5.73 Å². The lowest BCUT2D eigenvalue weighted by Gasteiger charge is -2.24. The summed E-state index contributed by atoms with van der Waals surface area (Å²) in [4.78, 5) is 36.0. The number of carbonyl (C=O) groups is 3. The lowest BCUT2D eigenvalue weighted by molar-refractivity contribution is -0.137. The summed E-state index contributed by atoms with van der Waals surface area (Å²) in [5.74, 6) is 0.196. The van der Waals surface area contributed by atoms with Crippen LogP contribution in [0.15, 0.2) is 12.7 Å². The Morgan fingerprint density at radius 2 is 1.95 bits per heavy atom. The van der Waals surface area contributed by atoms with E-state index in [1.165, 1.54) is 11.0 Å². The quantitative estimate of drug-likeness (QED) is 0.512. The molecular weight excluding hydrogens is 302 g/mol. The molecule has 0 aromatic rings. The van der Waals surface area contributed by atoms with E-state index in [0.717, 1.165) is 12.3 Å². The van der Waals surface area contributed by atoms with Crippen molar-refractivity contribution in [1.29, 1.82) is 0 Å². The Balaban J connectivity index is 0.000000980. The predicted molar refractivity (Wildman–Crippen MR) is 90.4 cm³/mol. The molecule has 0 spiro atoms. The molecular formula is C15H27N3O3S. The molecule has 0 aliphatic carbocycles. The van der Waals surface area contributed by atoms with Crippen LogP contribution in [-0.2, 0) is 14.4 Å². The van der Waals surface area contributed by atoms with Crippen molar-refractivity contribution < 1.29 is 14.4 Å². The third-order valence-corrected chi connectivity index (χ3v) is 3.13. The normalized spacial score (nSPS) is 18.3. The lowest BCUT2D eigenvalue weighted by atomic mass is 10.2. The minimum atomic E-state index is -0.837. The van der Waals surface area contributed by atoms with E-state index in [1.54, 1.807) is 0 Å². The number of likely N-dealkylation sites (tertiary alicyclic amines) is 1. The molecule has 1 fully saturated rings. The van der Waals surface area contributed by atoms with Crippen molar-refractivity contribution in [3.8, 4) is 0 Å². The summed E-state index contributed by atoms with van der Waals surface area (Å²) < 4.78 is 0. The minimum Gasteiger partial charge on any atom is -0.340 e. The topological polar surface area (TPSA) is 92.5 Å². The van der Waals surface area contributed by atoms with Gasteiger partial charge in [0.1, 0.15) is 12.1 Å². The summed E-state index contributed by atoms with van der Waals surface area (Å²) in [6.07, 6.45) is 2.62. The fourth-order valence-electron chi connectivity index (χ4n) is 1.93. The van der Waals surface area contributed by atoms with Gasteiger partial charge in [-0.25, -0.2) is 0 Å². The summed E-state index contributed by atoms with van der Waals surface area (Å²) in [5.41, 5.74) is 5.28. The van der Waals surface area contributed by atoms with E-state index in [-0.39, 0.29) is 18.4 Å². The van der Waals surface area contributed by atoms with Gasteiger partial charge < -0.3 is 16.0 Å². The lowest BCUT2D eigenvalue weighted by Crippen LogP contribution is -2.50. The van der Waals surface area contributed by atoms with Crippen LogP contribution in [0.25, 0.3) is 0 Å². The summed E-state index contributed by atoms with van der Waals surface area (Å²) in [5, 5.41) is 2.01. The molecule has 0 radical (unpaired) electrons. The van der Waals surface area contributed by atoms with Gasteiger partial charge in [-0.15, -0.1) is 19.2 Å². The van der Waals surface area contributed by atoms with Crippen LogP contribution in [-0.4, -0.2) is 47.0 Å². The maximum Gasteiger partial charge on any atom is 0.243 e. The van der Waals surface area contributed by atoms with E-state index in [2.05, 4.69) is 45.3 Å². The van der Waals surface area contributed by atoms with E-state index in [9.17, 15) is 14.4 Å². The molecule has 1 heterocycles. The Morgan fingerprint density at radius 3 is 2.36 bits per heavy atom. The van der Waals surface area contributed by atoms with E-state index >= 15 is 0 Å². The Labute approximate surface area is 137 Å². The molecule has 0 aromatic heterocycles. The monoisotopic (exact) mass is 329 g/mol. The average Bonchev–Trinajstić information content (AvgIpc) is 2.92. The first-order valence-electron chi connectivity index (χ1n) is 7.39. The van der Waals surface area contributed by atoms with Crippen molar-refractivity contribution in [2.24, 2.45) is 11.7 Å². The van der Waals surface area contributed by atoms with Gasteiger partial charge in [-0.3, -0.25) is 14.4 Å². The Morgan fingerprint density at radius 1 is 1.41 bits per heavy atom. The fourth-order valence-corrected chi connectivity index (χ4v) is 2.10. The number of amides is 2. The number of nitrogens with zero attached hydrogens (tertiary/aromatic N) is 1. The van der Waals surface area contributed by atoms with Crippen LogP contribution in [0.5, 0.6) is 0 Å². The molecule has 22 heavy (non-hydrogen) atoms. The summed E-state index contributed by atoms with van der Waals surface area (Å²) in [6.45, 7) is 10.3. The van der Waals surface area contributed by atoms with Gasteiger partial charge in [0, 0.05) is 6.54 Å². The van der Waals surface area contributed by atoms with Gasteiger partial charge in [-0.05, 0) is 18.8 Å². The highest BCUT2D eigenvalue weighted by molar-refractivity contribution is 7.96. The zero-order valence-electron chi connectivity index (χ0n) is 13.5. The van der Waals surface area contributed by atoms with E-state index in [0.29, 0.717) is 13.0 Å². The molecule has 7 heteroatoms. The van der Waals surface area contributed by atoms with Crippen molar-refractivity contribution in [3.63, 3.8) is 0 Å². The second-order valence-corrected chi connectivity index (χ2v) is 6.18. The maximum absolute atomic E-state index is 12.0. The van der Waals surface area contributed by atoms with Crippen LogP contribution < -0.4 is 11.1 Å². The van der Waals surface area contributed by atoms with Gasteiger partial charge in [0.05, 0.1) is 6.54 Å². The molecule has 2 atom stereocenters. The molecule has 1 aliphatic rings. The van der Waals surface area contributed by atoms with E-state index in [1.807, 2.05) is 0 Å². The van der Waals surface area contributed by atoms with E-state index < -0.39 is 17.2 Å². The second-order valence-electron chi connectivity index (χ2n) is 5.74. The number of carbonyl (C=O) groups excluding carboxylic acids is 3. The number of thiol groups is 1. The largest absolute Gasteiger partial charge is 0.340 e. The minimum absolute atomic E-state index is 0.125. The van der Waals surface area contributed by atoms with Crippen molar-refractivity contribution in [3.05, 3.63) is 12.7 Å². The summed E-state index contributed by atoms with van der Waals surface area (Å²) in [6, 6.07) is -1.40. The Kier molecular flexibility index (Phi) is 9.76. The molecule has 1 aliphatic heterocycles. The molecule has 2 amide bonds. The first kappa shape index (κ1) is 20.7. The molecule has 3 N–H and O–H groups in total. The SMILES string of the molecule is C=CC(NC(=O)C1CCCN1C(=O)CN)C(=O)S.CC(C)C. The predicted octanol–water partition coefficient (Wildman–Crippen LogP) is 0.726. The van der Waals surface area contributed by atoms with Crippen molar-refractivity contribution in [1.82, 2.24) is 10.2 Å². The van der Waals surface area contributed by atoms with Crippen LogP contribution in [0.3, 0.4) is 0 Å². The molecule has 126 valence electrons. The average molecular weight is 329 g/mol. The standard InChI is InChI=1S/C11H17N3O3S.C4H10/c1-2-7(11(17)18)13-10(16)8-4-3-5-14(8)9(15)6-12;1-4(2)3/h2,7-8H,1,3-6,12H2,(H,13,16)(H,17,18);4H,1-3H3. The van der Waals surface area contributed by atoms with Crippen molar-refractivity contribution in [2.45, 2.75) is 45.7 Å². The van der Waals surface area contributed by atoms with Gasteiger partial charge >= 0.3 is 0 Å². The number of rotatable bonds is 5. The highest BCUT2D eigenvalue weighted by Gasteiger charge is 2.34. The smallest absolute Gasteiger partial charge is 0.243 e. The van der Waals surface area contributed by atoms with Crippen LogP contribution in [0.4, 0.5) is 0 Å². The third-order valence-electron chi connectivity index (χ3n) is 2.85. The highest BCUT2D eigenvalue weighted by atomic mass is 32.1. The van der Waals surface area contributed by atoms with Crippen molar-refractivity contribution >= 4 is 29.6 Å². The molecule has 6 nitrogen and oxygen atoms in total. The zero-order chi connectivity index (χ0) is 17.3. The highest BCUT2D eigenvalue weighted by Crippen LogP contribution is 2.17. The van der Waals surface area contributed by atoms with Crippen LogP contribution in [0, 0.1) is 5.92 Å². The molecule has 2 unspecified atom stereocenters. The Hall–Kier alpha value is -1.34. The van der Waals surface area contributed by atoms with Crippen molar-refractivity contribution in [2.75, 3.05) is 13.1 Å². The van der Waals surface area contributed by atoms with Gasteiger partial charge in [0.15, 0.2) is 0 Å². The molecule has 0 aromatic carbocycles. The number of nitrogens with one attached hydrogen (secondary N) is 1.